The number of imide groups is 1. The van der Waals surface area contributed by atoms with Gasteiger partial charge in [-0.2, -0.15) is 0 Å². The molecule has 0 spiro atoms. The molecule has 0 saturated heterocycles. The quantitative estimate of drug-likeness (QED) is 0.633. The molecule has 0 aliphatic heterocycles. The Hall–Kier alpha value is -3.16. The molecule has 2 rings (SSSR count). The van der Waals surface area contributed by atoms with Crippen molar-refractivity contribution in [3.05, 3.63) is 36.2 Å². The van der Waals surface area contributed by atoms with E-state index in [4.69, 9.17) is 14.9 Å². The Morgan fingerprint density at radius 3 is 2.62 bits per heavy atom. The van der Waals surface area contributed by atoms with Gasteiger partial charge in [-0.3, -0.25) is 10.1 Å². The second kappa shape index (κ2) is 7.40. The second-order valence-electron chi connectivity index (χ2n) is 5.31. The van der Waals surface area contributed by atoms with Gasteiger partial charge in [0.2, 0.25) is 5.89 Å². The van der Waals surface area contributed by atoms with Crippen LogP contribution in [-0.4, -0.2) is 29.0 Å². The highest BCUT2D eigenvalue weighted by atomic mass is 16.5. The van der Waals surface area contributed by atoms with Crippen LogP contribution in [0.3, 0.4) is 0 Å². The van der Waals surface area contributed by atoms with E-state index in [1.807, 2.05) is 11.4 Å². The number of carbonyl (C=O) groups is 3. The Balaban J connectivity index is 2.04. The minimum absolute atomic E-state index is 0.232. The normalized spacial score (nSPS) is 12.5. The first kappa shape index (κ1) is 17.2. The highest BCUT2D eigenvalue weighted by Gasteiger charge is 2.26. The molecule has 0 radical (unpaired) electrons. The Labute approximate surface area is 137 Å². The molecule has 3 N–H and O–H groups in total. The molecule has 0 saturated carbocycles. The van der Waals surface area contributed by atoms with Crippen LogP contribution in [0.4, 0.5) is 4.79 Å². The number of benzene rings is 1. The number of oxazole rings is 1. The number of nitrogens with zero attached hydrogens (tertiary/aromatic N) is 1. The van der Waals surface area contributed by atoms with E-state index >= 15 is 0 Å². The van der Waals surface area contributed by atoms with Gasteiger partial charge in [-0.05, 0) is 18.1 Å². The molecule has 3 amide bonds. The number of nitrogens with one attached hydrogen (secondary N) is 1. The van der Waals surface area contributed by atoms with Crippen molar-refractivity contribution in [2.75, 3.05) is 0 Å². The molecular formula is C16H17N3O5. The lowest BCUT2D eigenvalue weighted by molar-refractivity contribution is -0.153. The monoisotopic (exact) mass is 331 g/mol. The number of aromatic nitrogens is 1. The van der Waals surface area contributed by atoms with E-state index < -0.39 is 24.0 Å². The summed E-state index contributed by atoms with van der Waals surface area (Å²) >= 11 is 0. The van der Waals surface area contributed by atoms with Crippen molar-refractivity contribution >= 4 is 35.1 Å². The second-order valence-corrected chi connectivity index (χ2v) is 5.31. The van der Waals surface area contributed by atoms with E-state index in [0.29, 0.717) is 11.1 Å². The zero-order valence-electron chi connectivity index (χ0n) is 13.2. The SMILES string of the molecule is CC(C)[C@@H](OC(=O)/C=C/c1nc2ccccc2o1)C(=O)NC(N)=O. The van der Waals surface area contributed by atoms with E-state index in [2.05, 4.69) is 4.98 Å². The molecule has 1 heterocycles. The molecule has 0 fully saturated rings. The Kier molecular flexibility index (Phi) is 5.31. The zero-order valence-corrected chi connectivity index (χ0v) is 13.2. The summed E-state index contributed by atoms with van der Waals surface area (Å²) in [4.78, 5) is 38.5. The summed E-state index contributed by atoms with van der Waals surface area (Å²) < 4.78 is 10.5. The van der Waals surface area contributed by atoms with Crippen LogP contribution in [0, 0.1) is 5.92 Å². The maximum atomic E-state index is 11.9. The number of esters is 1. The molecule has 1 atom stereocenters. The van der Waals surface area contributed by atoms with E-state index in [-0.39, 0.29) is 11.8 Å². The number of primary amides is 1. The standard InChI is InChI=1S/C16H17N3O5/c1-9(2)14(15(21)19-16(17)22)24-13(20)8-7-12-18-10-5-3-4-6-11(10)23-12/h3-9,14H,1-2H3,(H3,17,19,21,22)/b8-7+/t14-/m1/s1. The van der Waals surface area contributed by atoms with Crippen molar-refractivity contribution in [3.8, 4) is 0 Å². The van der Waals surface area contributed by atoms with Gasteiger partial charge in [-0.15, -0.1) is 0 Å². The Morgan fingerprint density at radius 2 is 2.00 bits per heavy atom. The van der Waals surface area contributed by atoms with Crippen molar-refractivity contribution in [1.29, 1.82) is 0 Å². The molecule has 8 nitrogen and oxygen atoms in total. The molecule has 0 aliphatic carbocycles. The Morgan fingerprint density at radius 1 is 1.29 bits per heavy atom. The van der Waals surface area contributed by atoms with Gasteiger partial charge < -0.3 is 14.9 Å². The number of amides is 3. The van der Waals surface area contributed by atoms with Crippen LogP contribution >= 0.6 is 0 Å². The van der Waals surface area contributed by atoms with Gasteiger partial charge in [0.25, 0.3) is 5.91 Å². The molecular weight excluding hydrogens is 314 g/mol. The maximum absolute atomic E-state index is 11.9. The van der Waals surface area contributed by atoms with Crippen molar-refractivity contribution in [1.82, 2.24) is 10.3 Å². The molecule has 2 aromatic rings. The lowest BCUT2D eigenvalue weighted by atomic mass is 10.1. The van der Waals surface area contributed by atoms with Gasteiger partial charge in [0.15, 0.2) is 11.7 Å². The summed E-state index contributed by atoms with van der Waals surface area (Å²) in [6.45, 7) is 3.34. The van der Waals surface area contributed by atoms with Gasteiger partial charge >= 0.3 is 12.0 Å². The van der Waals surface area contributed by atoms with E-state index in [9.17, 15) is 14.4 Å². The molecule has 126 valence electrons. The van der Waals surface area contributed by atoms with E-state index in [0.717, 1.165) is 6.08 Å². The van der Waals surface area contributed by atoms with Crippen LogP contribution in [0.2, 0.25) is 0 Å². The van der Waals surface area contributed by atoms with Crippen LogP contribution in [-0.2, 0) is 14.3 Å². The number of urea groups is 1. The lowest BCUT2D eigenvalue weighted by Gasteiger charge is -2.18. The van der Waals surface area contributed by atoms with E-state index in [1.54, 1.807) is 32.0 Å². The van der Waals surface area contributed by atoms with Gasteiger partial charge in [0.1, 0.15) is 5.52 Å². The third-order valence-corrected chi connectivity index (χ3v) is 3.03. The van der Waals surface area contributed by atoms with Gasteiger partial charge in [-0.1, -0.05) is 26.0 Å². The van der Waals surface area contributed by atoms with Crippen LogP contribution in [0.25, 0.3) is 17.2 Å². The Bertz CT molecular complexity index is 761. The average Bonchev–Trinajstić information content (AvgIpc) is 2.92. The first-order chi connectivity index (χ1) is 11.4. The fraction of sp³-hybridized carbons (Fsp3) is 0.250. The highest BCUT2D eigenvalue weighted by molar-refractivity contribution is 5.97. The predicted molar refractivity (Wildman–Crippen MR) is 85.5 cm³/mol. The minimum atomic E-state index is -1.14. The maximum Gasteiger partial charge on any atom is 0.331 e. The van der Waals surface area contributed by atoms with Gasteiger partial charge in [-0.25, -0.2) is 14.6 Å². The molecule has 0 bridgehead atoms. The first-order valence-corrected chi connectivity index (χ1v) is 7.21. The number of hydrogen-bond acceptors (Lipinski definition) is 6. The minimum Gasteiger partial charge on any atom is -0.449 e. The fourth-order valence-corrected chi connectivity index (χ4v) is 1.95. The van der Waals surface area contributed by atoms with Gasteiger partial charge in [0.05, 0.1) is 0 Å². The summed E-state index contributed by atoms with van der Waals surface area (Å²) in [6.07, 6.45) is 1.29. The summed E-state index contributed by atoms with van der Waals surface area (Å²) in [6, 6.07) is 6.14. The lowest BCUT2D eigenvalue weighted by Crippen LogP contribution is -2.45. The van der Waals surface area contributed by atoms with Crippen LogP contribution in [0.1, 0.15) is 19.7 Å². The van der Waals surface area contributed by atoms with Crippen molar-refractivity contribution in [2.24, 2.45) is 11.7 Å². The van der Waals surface area contributed by atoms with Crippen molar-refractivity contribution in [3.63, 3.8) is 0 Å². The first-order valence-electron chi connectivity index (χ1n) is 7.21. The molecule has 0 aliphatic rings. The summed E-state index contributed by atoms with van der Waals surface area (Å²) in [5.74, 6) is -1.65. The summed E-state index contributed by atoms with van der Waals surface area (Å²) in [5, 5.41) is 1.89. The molecule has 1 aromatic carbocycles. The molecule has 8 heteroatoms. The third-order valence-electron chi connectivity index (χ3n) is 3.03. The largest absolute Gasteiger partial charge is 0.449 e. The topological polar surface area (TPSA) is 125 Å². The van der Waals surface area contributed by atoms with Crippen LogP contribution < -0.4 is 11.1 Å². The zero-order chi connectivity index (χ0) is 17.7. The average molecular weight is 331 g/mol. The van der Waals surface area contributed by atoms with Crippen LogP contribution in [0.15, 0.2) is 34.8 Å². The van der Waals surface area contributed by atoms with Crippen molar-refractivity contribution < 1.29 is 23.5 Å². The number of ether oxygens (including phenoxy) is 1. The smallest absolute Gasteiger partial charge is 0.331 e. The van der Waals surface area contributed by atoms with Crippen LogP contribution in [0.5, 0.6) is 0 Å². The summed E-state index contributed by atoms with van der Waals surface area (Å²) in [7, 11) is 0. The fourth-order valence-electron chi connectivity index (χ4n) is 1.95. The number of rotatable bonds is 5. The number of carbonyl (C=O) groups excluding carboxylic acids is 3. The molecule has 1 aromatic heterocycles. The number of fused-ring (bicyclic) bond motifs is 1. The van der Waals surface area contributed by atoms with E-state index in [1.165, 1.54) is 6.08 Å². The predicted octanol–water partition coefficient (Wildman–Crippen LogP) is 1.60. The summed E-state index contributed by atoms with van der Waals surface area (Å²) in [5.41, 5.74) is 6.14. The molecule has 24 heavy (non-hydrogen) atoms. The molecule has 0 unspecified atom stereocenters. The van der Waals surface area contributed by atoms with Crippen molar-refractivity contribution in [2.45, 2.75) is 20.0 Å². The third kappa shape index (κ3) is 4.42. The number of nitrogens with two attached hydrogens (primary N) is 1. The van der Waals surface area contributed by atoms with Gasteiger partial charge in [0, 0.05) is 12.2 Å². The number of hydrogen-bond donors (Lipinski definition) is 2. The highest BCUT2D eigenvalue weighted by Crippen LogP contribution is 2.15. The number of para-hydroxylation sites is 2.